The van der Waals surface area contributed by atoms with Gasteiger partial charge in [0, 0.05) is 52.9 Å². The van der Waals surface area contributed by atoms with Gasteiger partial charge in [0.2, 0.25) is 0 Å². The molecule has 0 spiro atoms. The van der Waals surface area contributed by atoms with E-state index in [9.17, 15) is 1.37 Å². The summed E-state index contributed by atoms with van der Waals surface area (Å²) in [5.74, 6) is -1.05. The summed E-state index contributed by atoms with van der Waals surface area (Å²) in [6, 6.07) is 35.1. The first-order valence-corrected chi connectivity index (χ1v) is 16.0. The number of hydrogen-bond acceptors (Lipinski definition) is 3. The van der Waals surface area contributed by atoms with Crippen molar-refractivity contribution in [3.63, 3.8) is 0 Å². The molecular formula is C44H42IrN2O-2. The summed E-state index contributed by atoms with van der Waals surface area (Å²) in [5, 5.41) is 4.12. The zero-order chi connectivity index (χ0) is 38.7. The molecule has 1 aliphatic rings. The van der Waals surface area contributed by atoms with E-state index in [0.717, 1.165) is 44.8 Å². The molecule has 48 heavy (non-hydrogen) atoms. The fourth-order valence-electron chi connectivity index (χ4n) is 7.48. The summed E-state index contributed by atoms with van der Waals surface area (Å²) in [5.41, 5.74) is 5.10. The molecule has 8 rings (SSSR count). The Bertz CT molecular complexity index is 2450. The number of furan rings is 1. The summed E-state index contributed by atoms with van der Waals surface area (Å²) in [6.07, 6.45) is 5.00. The summed E-state index contributed by atoms with van der Waals surface area (Å²) in [7, 11) is 0. The summed E-state index contributed by atoms with van der Waals surface area (Å²) in [6.45, 7) is 4.27. The van der Waals surface area contributed by atoms with Gasteiger partial charge in [0.15, 0.2) is 0 Å². The van der Waals surface area contributed by atoms with E-state index in [2.05, 4.69) is 74.1 Å². The third-order valence-electron chi connectivity index (χ3n) is 8.95. The van der Waals surface area contributed by atoms with Gasteiger partial charge in [-0.25, -0.2) is 0 Å². The van der Waals surface area contributed by atoms with Crippen LogP contribution in [0.4, 0.5) is 0 Å². The van der Waals surface area contributed by atoms with Crippen LogP contribution in [0.15, 0.2) is 108 Å². The number of rotatable bonds is 3. The smallest absolute Gasteiger partial charge is 0.128 e. The van der Waals surface area contributed by atoms with E-state index in [4.69, 9.17) is 12.6 Å². The third kappa shape index (κ3) is 6.88. The van der Waals surface area contributed by atoms with Crippen molar-refractivity contribution < 1.29 is 34.1 Å². The second kappa shape index (κ2) is 13.4. The minimum Gasteiger partial charge on any atom is -0.500 e. The van der Waals surface area contributed by atoms with Crippen molar-refractivity contribution >= 4 is 32.7 Å². The molecule has 1 saturated carbocycles. The van der Waals surface area contributed by atoms with E-state index in [1.807, 2.05) is 48.5 Å². The van der Waals surface area contributed by atoms with Gasteiger partial charge < -0.3 is 14.4 Å². The zero-order valence-electron chi connectivity index (χ0n) is 34.6. The molecule has 0 N–H and O–H groups in total. The Labute approximate surface area is 308 Å². The SMILES string of the molecule is [2H]C([2H])([2H])c1ccc(-c2[c-]cccc2)nc1.[2H]C([2H])([2H])c1cnc(-c2[c-]ccc3c2oc2c4ccccc4ccc32)cc1C1([2H])CC(C)(C)CC(C)(C)C1.[Ir]. The van der Waals surface area contributed by atoms with E-state index in [1.54, 1.807) is 18.2 Å². The predicted octanol–water partition coefficient (Wildman–Crippen LogP) is 12.1. The van der Waals surface area contributed by atoms with Crippen LogP contribution in [0, 0.1) is 36.7 Å². The van der Waals surface area contributed by atoms with Crippen molar-refractivity contribution in [1.82, 2.24) is 9.97 Å². The molecule has 1 aliphatic carbocycles. The van der Waals surface area contributed by atoms with Gasteiger partial charge in [-0.1, -0.05) is 93.2 Å². The first kappa shape index (κ1) is 25.8. The van der Waals surface area contributed by atoms with Gasteiger partial charge in [0.25, 0.3) is 0 Å². The molecule has 3 nitrogen and oxygen atoms in total. The average Bonchev–Trinajstić information content (AvgIpc) is 3.49. The fraction of sp³-hybridized carbons (Fsp3) is 0.273. The standard InChI is InChI=1S/C32H32NO.C12H10N.Ir/c1-20-18-33-28(15-27(20)22-16-31(2,3)19-32(4,5)17-22)26-12-8-11-24-25-14-13-21-9-6-7-10-23(21)29(25)34-30(24)26;1-10-7-8-12(13-9-10)11-5-3-2-4-6-11;/h6-11,13-15,18,22H,16-17,19H2,1-5H3;2-5,7-9H,1H3;/q2*-1;/i1D3,22D;1D3;. The van der Waals surface area contributed by atoms with E-state index >= 15 is 0 Å². The average molecular weight is 814 g/mol. The van der Waals surface area contributed by atoms with Gasteiger partial charge in [-0.15, -0.1) is 54.1 Å². The first-order chi connectivity index (χ1) is 25.3. The van der Waals surface area contributed by atoms with Crippen molar-refractivity contribution in [1.29, 1.82) is 0 Å². The molecule has 0 amide bonds. The molecule has 3 heterocycles. The molecule has 4 aromatic carbocycles. The van der Waals surface area contributed by atoms with Gasteiger partial charge in [-0.05, 0) is 83.2 Å². The number of hydrogen-bond donors (Lipinski definition) is 0. The Hall–Kier alpha value is -4.11. The Morgan fingerprint density at radius 2 is 1.52 bits per heavy atom. The Kier molecular flexibility index (Phi) is 7.23. The van der Waals surface area contributed by atoms with Crippen LogP contribution in [-0.2, 0) is 20.1 Å². The summed E-state index contributed by atoms with van der Waals surface area (Å²) < 4.78 is 62.6. The minimum atomic E-state index is -2.37. The number of aryl methyl sites for hydroxylation is 2. The van der Waals surface area contributed by atoms with Gasteiger partial charge in [0.05, 0.1) is 5.58 Å². The van der Waals surface area contributed by atoms with Crippen LogP contribution in [0.1, 0.15) is 79.1 Å². The number of pyridine rings is 2. The molecule has 7 aromatic rings. The van der Waals surface area contributed by atoms with Crippen LogP contribution in [-0.4, -0.2) is 9.97 Å². The predicted molar refractivity (Wildman–Crippen MR) is 195 cm³/mol. The normalized spacial score (nSPS) is 18.9. The van der Waals surface area contributed by atoms with Crippen molar-refractivity contribution in [2.45, 2.75) is 66.6 Å². The Morgan fingerprint density at radius 1 is 0.750 bits per heavy atom. The number of aromatic nitrogens is 2. The number of benzene rings is 4. The molecule has 0 aliphatic heterocycles. The van der Waals surface area contributed by atoms with Crippen LogP contribution in [0.5, 0.6) is 0 Å². The topological polar surface area (TPSA) is 38.9 Å². The summed E-state index contributed by atoms with van der Waals surface area (Å²) in [4.78, 5) is 8.75. The largest absolute Gasteiger partial charge is 0.500 e. The van der Waals surface area contributed by atoms with Gasteiger partial charge in [0.1, 0.15) is 5.58 Å². The van der Waals surface area contributed by atoms with Crippen molar-refractivity contribution in [2.75, 3.05) is 0 Å². The van der Waals surface area contributed by atoms with Gasteiger partial charge in [-0.3, -0.25) is 0 Å². The monoisotopic (exact) mass is 814 g/mol. The maximum Gasteiger partial charge on any atom is 0.128 e. The van der Waals surface area contributed by atoms with Crippen molar-refractivity contribution in [3.8, 4) is 22.5 Å². The van der Waals surface area contributed by atoms with Crippen molar-refractivity contribution in [2.24, 2.45) is 10.8 Å². The van der Waals surface area contributed by atoms with E-state index in [-0.39, 0.29) is 42.1 Å². The maximum atomic E-state index is 9.68. The van der Waals surface area contributed by atoms with Gasteiger partial charge >= 0.3 is 0 Å². The number of nitrogens with zero attached hydrogens (tertiary/aromatic N) is 2. The van der Waals surface area contributed by atoms with Crippen LogP contribution in [0.2, 0.25) is 0 Å². The number of fused-ring (bicyclic) bond motifs is 5. The Balaban J connectivity index is 0.000000254. The van der Waals surface area contributed by atoms with E-state index in [0.29, 0.717) is 35.2 Å². The van der Waals surface area contributed by atoms with Crippen LogP contribution in [0.25, 0.3) is 55.2 Å². The Morgan fingerprint density at radius 3 is 2.25 bits per heavy atom. The zero-order valence-corrected chi connectivity index (χ0v) is 30.0. The molecule has 1 radical (unpaired) electrons. The molecule has 3 aromatic heterocycles. The second-order valence-corrected chi connectivity index (χ2v) is 14.1. The van der Waals surface area contributed by atoms with E-state index < -0.39 is 19.6 Å². The molecule has 0 saturated heterocycles. The molecule has 1 fully saturated rings. The second-order valence-electron chi connectivity index (χ2n) is 14.1. The molecule has 4 heteroatoms. The molecule has 245 valence electrons. The van der Waals surface area contributed by atoms with E-state index in [1.165, 1.54) is 12.4 Å². The molecule has 0 bridgehead atoms. The quantitative estimate of drug-likeness (QED) is 0.167. The molecular weight excluding hydrogens is 765 g/mol. The molecule has 0 unspecified atom stereocenters. The maximum absolute atomic E-state index is 9.68. The minimum absolute atomic E-state index is 0. The molecule has 0 atom stereocenters. The van der Waals surface area contributed by atoms with Crippen LogP contribution in [0.3, 0.4) is 0 Å². The summed E-state index contributed by atoms with van der Waals surface area (Å²) >= 11 is 0. The fourth-order valence-corrected chi connectivity index (χ4v) is 7.48. The first-order valence-electron chi connectivity index (χ1n) is 19.5. The van der Waals surface area contributed by atoms with Crippen LogP contribution >= 0.6 is 0 Å². The van der Waals surface area contributed by atoms with Crippen molar-refractivity contribution in [3.05, 3.63) is 132 Å². The third-order valence-corrected chi connectivity index (χ3v) is 8.95. The van der Waals surface area contributed by atoms with Crippen LogP contribution < -0.4 is 0 Å². The van der Waals surface area contributed by atoms with Gasteiger partial charge in [-0.2, -0.15) is 0 Å².